The molecular formula is C19H14FN3O3. The average molecular weight is 351 g/mol. The first-order chi connectivity index (χ1) is 12.6. The molecule has 0 unspecified atom stereocenters. The van der Waals surface area contributed by atoms with Gasteiger partial charge in [-0.1, -0.05) is 17.3 Å². The van der Waals surface area contributed by atoms with E-state index in [1.807, 2.05) is 13.0 Å². The van der Waals surface area contributed by atoms with Crippen molar-refractivity contribution in [2.45, 2.75) is 13.5 Å². The van der Waals surface area contributed by atoms with Crippen LogP contribution in [0.3, 0.4) is 0 Å². The molecular weight excluding hydrogens is 337 g/mol. The van der Waals surface area contributed by atoms with E-state index in [0.717, 1.165) is 10.9 Å². The number of halogens is 1. The fraction of sp³-hybridized carbons (Fsp3) is 0.105. The normalized spacial score (nSPS) is 11.0. The molecule has 2 aromatic carbocycles. The molecule has 4 rings (SSSR count). The van der Waals surface area contributed by atoms with Crippen molar-refractivity contribution in [2.75, 3.05) is 0 Å². The molecule has 0 aliphatic heterocycles. The van der Waals surface area contributed by atoms with Gasteiger partial charge in [0.25, 0.3) is 0 Å². The highest BCUT2D eigenvalue weighted by Gasteiger charge is 2.09. The lowest BCUT2D eigenvalue weighted by atomic mass is 10.1. The third-order valence-electron chi connectivity index (χ3n) is 3.95. The highest BCUT2D eigenvalue weighted by Crippen LogP contribution is 2.23. The minimum atomic E-state index is -0.403. The molecule has 4 aromatic rings. The molecule has 0 fully saturated rings. The van der Waals surface area contributed by atoms with Crippen molar-refractivity contribution in [3.8, 4) is 11.4 Å². The van der Waals surface area contributed by atoms with Gasteiger partial charge in [-0.25, -0.2) is 13.9 Å². The third kappa shape index (κ3) is 3.06. The zero-order valence-electron chi connectivity index (χ0n) is 13.8. The molecule has 2 heterocycles. The molecule has 0 amide bonds. The molecule has 0 atom stereocenters. The summed E-state index contributed by atoms with van der Waals surface area (Å²) in [5.41, 5.74) is 1.76. The fourth-order valence-electron chi connectivity index (χ4n) is 2.67. The second-order valence-electron chi connectivity index (χ2n) is 5.80. The van der Waals surface area contributed by atoms with Crippen LogP contribution in [0.4, 0.5) is 4.39 Å². The maximum absolute atomic E-state index is 13.8. The number of hydrogen-bond donors (Lipinski definition) is 0. The predicted octanol–water partition coefficient (Wildman–Crippen LogP) is 3.40. The summed E-state index contributed by atoms with van der Waals surface area (Å²) < 4.78 is 26.0. The summed E-state index contributed by atoms with van der Waals surface area (Å²) in [5, 5.41) is 8.76. The first kappa shape index (κ1) is 16.0. The van der Waals surface area contributed by atoms with E-state index in [9.17, 15) is 9.18 Å². The van der Waals surface area contributed by atoms with E-state index in [2.05, 4.69) is 10.3 Å². The molecule has 0 radical (unpaired) electrons. The number of aryl methyl sites for hydroxylation is 1. The molecule has 0 aliphatic rings. The van der Waals surface area contributed by atoms with Crippen molar-refractivity contribution in [3.05, 3.63) is 82.2 Å². The SMILES string of the molecule is Cc1cc(=O)oc2cc(OCc3cn(-c4ccccc4F)nn3)ccc12. The Morgan fingerprint density at radius 1 is 1.19 bits per heavy atom. The fourth-order valence-corrected chi connectivity index (χ4v) is 2.67. The molecule has 0 N–H and O–H groups in total. The number of ether oxygens (including phenoxy) is 1. The molecule has 0 aliphatic carbocycles. The van der Waals surface area contributed by atoms with Gasteiger partial charge < -0.3 is 9.15 Å². The first-order valence-electron chi connectivity index (χ1n) is 7.93. The Morgan fingerprint density at radius 2 is 2.04 bits per heavy atom. The second kappa shape index (κ2) is 6.44. The van der Waals surface area contributed by atoms with Gasteiger partial charge in [-0.3, -0.25) is 0 Å². The molecule has 0 spiro atoms. The van der Waals surface area contributed by atoms with Crippen molar-refractivity contribution >= 4 is 11.0 Å². The largest absolute Gasteiger partial charge is 0.487 e. The van der Waals surface area contributed by atoms with Crippen LogP contribution in [0.15, 0.2) is 63.9 Å². The van der Waals surface area contributed by atoms with E-state index in [1.165, 1.54) is 16.8 Å². The monoisotopic (exact) mass is 351 g/mol. The van der Waals surface area contributed by atoms with E-state index in [1.54, 1.807) is 36.5 Å². The van der Waals surface area contributed by atoms with Crippen LogP contribution in [0.5, 0.6) is 5.75 Å². The van der Waals surface area contributed by atoms with E-state index >= 15 is 0 Å². The van der Waals surface area contributed by atoms with Gasteiger partial charge in [0.1, 0.15) is 35.1 Å². The summed E-state index contributed by atoms with van der Waals surface area (Å²) in [6.07, 6.45) is 1.60. The quantitative estimate of drug-likeness (QED) is 0.527. The third-order valence-corrected chi connectivity index (χ3v) is 3.95. The van der Waals surface area contributed by atoms with Crippen LogP contribution in [-0.2, 0) is 6.61 Å². The Kier molecular flexibility index (Phi) is 3.96. The van der Waals surface area contributed by atoms with Crippen LogP contribution in [0.25, 0.3) is 16.7 Å². The number of rotatable bonds is 4. The van der Waals surface area contributed by atoms with Crippen molar-refractivity contribution in [1.29, 1.82) is 0 Å². The number of nitrogens with zero attached hydrogens (tertiary/aromatic N) is 3. The van der Waals surface area contributed by atoms with Gasteiger partial charge in [-0.05, 0) is 36.8 Å². The minimum absolute atomic E-state index is 0.149. The number of para-hydroxylation sites is 1. The lowest BCUT2D eigenvalue weighted by Gasteiger charge is -2.06. The van der Waals surface area contributed by atoms with Gasteiger partial charge in [0.05, 0.1) is 6.20 Å². The molecule has 7 heteroatoms. The average Bonchev–Trinajstić information content (AvgIpc) is 3.08. The molecule has 0 bridgehead atoms. The van der Waals surface area contributed by atoms with Crippen molar-refractivity contribution in [1.82, 2.24) is 15.0 Å². The number of hydrogen-bond acceptors (Lipinski definition) is 5. The van der Waals surface area contributed by atoms with Crippen molar-refractivity contribution in [2.24, 2.45) is 0 Å². The maximum atomic E-state index is 13.8. The number of benzene rings is 2. The minimum Gasteiger partial charge on any atom is -0.487 e. The molecule has 130 valence electrons. The maximum Gasteiger partial charge on any atom is 0.336 e. The van der Waals surface area contributed by atoms with Gasteiger partial charge in [-0.15, -0.1) is 5.10 Å². The molecule has 6 nitrogen and oxygen atoms in total. The van der Waals surface area contributed by atoms with E-state index in [-0.39, 0.29) is 12.4 Å². The van der Waals surface area contributed by atoms with Crippen LogP contribution in [0.1, 0.15) is 11.3 Å². The van der Waals surface area contributed by atoms with Crippen LogP contribution in [0.2, 0.25) is 0 Å². The Bertz CT molecular complexity index is 1150. The smallest absolute Gasteiger partial charge is 0.336 e. The Hall–Kier alpha value is -3.48. The lowest BCUT2D eigenvalue weighted by Crippen LogP contribution is -1.99. The van der Waals surface area contributed by atoms with E-state index < -0.39 is 5.63 Å². The molecule has 0 saturated carbocycles. The van der Waals surface area contributed by atoms with Crippen LogP contribution < -0.4 is 10.4 Å². The predicted molar refractivity (Wildman–Crippen MR) is 92.9 cm³/mol. The second-order valence-corrected chi connectivity index (χ2v) is 5.80. The van der Waals surface area contributed by atoms with Crippen LogP contribution in [-0.4, -0.2) is 15.0 Å². The molecule has 2 aromatic heterocycles. The van der Waals surface area contributed by atoms with E-state index in [0.29, 0.717) is 22.7 Å². The molecule has 0 saturated heterocycles. The van der Waals surface area contributed by atoms with Gasteiger partial charge in [-0.2, -0.15) is 0 Å². The Labute approximate surface area is 147 Å². The summed E-state index contributed by atoms with van der Waals surface area (Å²) in [7, 11) is 0. The standard InChI is InChI=1S/C19H14FN3O3/c1-12-8-19(24)26-18-9-14(6-7-15(12)18)25-11-13-10-23(22-21-13)17-5-3-2-4-16(17)20/h2-10H,11H2,1H3. The summed E-state index contributed by atoms with van der Waals surface area (Å²) in [6, 6.07) is 13.0. The van der Waals surface area contributed by atoms with Gasteiger partial charge in [0.2, 0.25) is 0 Å². The van der Waals surface area contributed by atoms with Gasteiger partial charge in [0, 0.05) is 17.5 Å². The Balaban J connectivity index is 1.54. The first-order valence-corrected chi connectivity index (χ1v) is 7.93. The number of aromatic nitrogens is 3. The highest BCUT2D eigenvalue weighted by atomic mass is 19.1. The van der Waals surface area contributed by atoms with Crippen LogP contribution >= 0.6 is 0 Å². The van der Waals surface area contributed by atoms with Gasteiger partial charge in [0.15, 0.2) is 0 Å². The lowest BCUT2D eigenvalue weighted by molar-refractivity contribution is 0.301. The number of fused-ring (bicyclic) bond motifs is 1. The zero-order valence-corrected chi connectivity index (χ0v) is 13.8. The summed E-state index contributed by atoms with van der Waals surface area (Å²) >= 11 is 0. The van der Waals surface area contributed by atoms with Crippen LogP contribution in [0, 0.1) is 12.7 Å². The van der Waals surface area contributed by atoms with Crippen molar-refractivity contribution < 1.29 is 13.5 Å². The summed E-state index contributed by atoms with van der Waals surface area (Å²) in [5.74, 6) is 0.150. The topological polar surface area (TPSA) is 70.2 Å². The van der Waals surface area contributed by atoms with Gasteiger partial charge >= 0.3 is 5.63 Å². The van der Waals surface area contributed by atoms with E-state index in [4.69, 9.17) is 9.15 Å². The summed E-state index contributed by atoms with van der Waals surface area (Å²) in [6.45, 7) is 2.00. The Morgan fingerprint density at radius 3 is 2.88 bits per heavy atom. The molecule has 26 heavy (non-hydrogen) atoms. The van der Waals surface area contributed by atoms with Crippen molar-refractivity contribution in [3.63, 3.8) is 0 Å². The summed E-state index contributed by atoms with van der Waals surface area (Å²) in [4.78, 5) is 11.5. The zero-order chi connectivity index (χ0) is 18.1. The highest BCUT2D eigenvalue weighted by molar-refractivity contribution is 5.81.